The minimum Gasteiger partial charge on any atom is -0.356 e. The molecule has 0 aliphatic carbocycles. The SMILES string of the molecule is Cc1ccc(C)c2c1CN1CCCCC1=N2. The predicted octanol–water partition coefficient (Wildman–Crippen LogP) is 3.33. The van der Waals surface area contributed by atoms with Crippen molar-refractivity contribution in [2.75, 3.05) is 6.54 Å². The monoisotopic (exact) mass is 214 g/mol. The van der Waals surface area contributed by atoms with E-state index in [0.717, 1.165) is 13.0 Å². The summed E-state index contributed by atoms with van der Waals surface area (Å²) in [4.78, 5) is 7.33. The molecule has 2 heterocycles. The van der Waals surface area contributed by atoms with Gasteiger partial charge in [-0.1, -0.05) is 12.1 Å². The Hall–Kier alpha value is -1.31. The Balaban J connectivity index is 2.12. The van der Waals surface area contributed by atoms with Crippen molar-refractivity contribution in [3.8, 4) is 0 Å². The van der Waals surface area contributed by atoms with Crippen LogP contribution in [0.1, 0.15) is 36.0 Å². The molecule has 0 radical (unpaired) electrons. The fourth-order valence-electron chi connectivity index (χ4n) is 2.70. The molecule has 1 fully saturated rings. The van der Waals surface area contributed by atoms with Crippen LogP contribution in [-0.4, -0.2) is 17.3 Å². The molecule has 0 unspecified atom stereocenters. The molecule has 0 amide bonds. The number of aliphatic imine (C=N–C) groups is 1. The highest BCUT2D eigenvalue weighted by atomic mass is 15.2. The second kappa shape index (κ2) is 3.62. The van der Waals surface area contributed by atoms with Crippen LogP contribution in [0.25, 0.3) is 0 Å². The molecule has 1 saturated heterocycles. The van der Waals surface area contributed by atoms with E-state index in [9.17, 15) is 0 Å². The maximum absolute atomic E-state index is 4.87. The van der Waals surface area contributed by atoms with Crippen LogP contribution in [-0.2, 0) is 6.54 Å². The van der Waals surface area contributed by atoms with Crippen LogP contribution >= 0.6 is 0 Å². The molecule has 2 nitrogen and oxygen atoms in total. The molecule has 2 aliphatic rings. The van der Waals surface area contributed by atoms with Gasteiger partial charge in [0.05, 0.1) is 5.69 Å². The predicted molar refractivity (Wildman–Crippen MR) is 67.3 cm³/mol. The molecule has 0 bridgehead atoms. The maximum atomic E-state index is 4.87. The second-order valence-corrected chi connectivity index (χ2v) is 4.93. The summed E-state index contributed by atoms with van der Waals surface area (Å²) < 4.78 is 0. The van der Waals surface area contributed by atoms with Crippen LogP contribution in [0.2, 0.25) is 0 Å². The number of piperidine rings is 1. The van der Waals surface area contributed by atoms with Gasteiger partial charge >= 0.3 is 0 Å². The lowest BCUT2D eigenvalue weighted by atomic mass is 9.98. The fraction of sp³-hybridized carbons (Fsp3) is 0.500. The Morgan fingerprint density at radius 2 is 1.94 bits per heavy atom. The van der Waals surface area contributed by atoms with Crippen molar-refractivity contribution < 1.29 is 0 Å². The summed E-state index contributed by atoms with van der Waals surface area (Å²) in [6, 6.07) is 4.41. The highest BCUT2D eigenvalue weighted by molar-refractivity contribution is 5.88. The standard InChI is InChI=1S/C14H18N2/c1-10-6-7-11(2)14-12(10)9-16-8-4-3-5-13(16)15-14/h6-7H,3-5,8-9H2,1-2H3. The molecule has 0 saturated carbocycles. The molecule has 1 aromatic carbocycles. The Kier molecular flexibility index (Phi) is 2.23. The van der Waals surface area contributed by atoms with Gasteiger partial charge in [0, 0.05) is 25.1 Å². The molecular formula is C14H18N2. The van der Waals surface area contributed by atoms with E-state index in [4.69, 9.17) is 4.99 Å². The number of hydrogen-bond donors (Lipinski definition) is 0. The van der Waals surface area contributed by atoms with Gasteiger partial charge in [0.1, 0.15) is 5.84 Å². The van der Waals surface area contributed by atoms with E-state index in [1.165, 1.54) is 47.6 Å². The molecule has 2 aliphatic heterocycles. The highest BCUT2D eigenvalue weighted by Gasteiger charge is 2.23. The lowest BCUT2D eigenvalue weighted by Gasteiger charge is -2.35. The quantitative estimate of drug-likeness (QED) is 0.646. The smallest absolute Gasteiger partial charge is 0.105 e. The van der Waals surface area contributed by atoms with Crippen molar-refractivity contribution in [2.45, 2.75) is 39.7 Å². The Morgan fingerprint density at radius 3 is 2.81 bits per heavy atom. The molecule has 1 aromatic rings. The Bertz CT molecular complexity index is 460. The molecule has 84 valence electrons. The van der Waals surface area contributed by atoms with Crippen molar-refractivity contribution in [3.63, 3.8) is 0 Å². The van der Waals surface area contributed by atoms with Crippen LogP contribution in [0.4, 0.5) is 5.69 Å². The first-order valence-corrected chi connectivity index (χ1v) is 6.17. The van der Waals surface area contributed by atoms with Crippen molar-refractivity contribution in [1.82, 2.24) is 4.90 Å². The first kappa shape index (κ1) is 9.88. The zero-order valence-corrected chi connectivity index (χ0v) is 10.1. The van der Waals surface area contributed by atoms with E-state index in [-0.39, 0.29) is 0 Å². The van der Waals surface area contributed by atoms with Crippen molar-refractivity contribution in [1.29, 1.82) is 0 Å². The second-order valence-electron chi connectivity index (χ2n) is 4.93. The molecule has 3 rings (SSSR count). The van der Waals surface area contributed by atoms with Crippen LogP contribution < -0.4 is 0 Å². The van der Waals surface area contributed by atoms with Crippen LogP contribution in [0, 0.1) is 13.8 Å². The minimum absolute atomic E-state index is 1.07. The van der Waals surface area contributed by atoms with Gasteiger partial charge in [-0.05, 0) is 37.8 Å². The largest absolute Gasteiger partial charge is 0.356 e. The van der Waals surface area contributed by atoms with Gasteiger partial charge < -0.3 is 4.90 Å². The van der Waals surface area contributed by atoms with Gasteiger partial charge in [0.15, 0.2) is 0 Å². The third kappa shape index (κ3) is 1.44. The summed E-state index contributed by atoms with van der Waals surface area (Å²) in [5, 5.41) is 0. The van der Waals surface area contributed by atoms with Crippen molar-refractivity contribution >= 4 is 11.5 Å². The molecule has 0 N–H and O–H groups in total. The molecule has 0 spiro atoms. The summed E-state index contributed by atoms with van der Waals surface area (Å²) in [6.07, 6.45) is 3.78. The average Bonchev–Trinajstić information content (AvgIpc) is 2.32. The average molecular weight is 214 g/mol. The fourth-order valence-corrected chi connectivity index (χ4v) is 2.70. The van der Waals surface area contributed by atoms with E-state index in [2.05, 4.69) is 30.9 Å². The number of fused-ring (bicyclic) bond motifs is 2. The van der Waals surface area contributed by atoms with E-state index < -0.39 is 0 Å². The molecule has 0 atom stereocenters. The zero-order chi connectivity index (χ0) is 11.1. The van der Waals surface area contributed by atoms with E-state index in [1.807, 2.05) is 0 Å². The number of rotatable bonds is 0. The van der Waals surface area contributed by atoms with Crippen molar-refractivity contribution in [2.24, 2.45) is 4.99 Å². The number of aryl methyl sites for hydroxylation is 2. The first-order chi connectivity index (χ1) is 7.75. The summed E-state index contributed by atoms with van der Waals surface area (Å²) in [5.41, 5.74) is 5.38. The number of hydrogen-bond acceptors (Lipinski definition) is 2. The van der Waals surface area contributed by atoms with Gasteiger partial charge in [0.25, 0.3) is 0 Å². The van der Waals surface area contributed by atoms with Gasteiger partial charge in [0.2, 0.25) is 0 Å². The van der Waals surface area contributed by atoms with E-state index in [0.29, 0.717) is 0 Å². The third-order valence-corrected chi connectivity index (χ3v) is 3.75. The van der Waals surface area contributed by atoms with Crippen LogP contribution in [0.3, 0.4) is 0 Å². The Labute approximate surface area is 97.0 Å². The maximum Gasteiger partial charge on any atom is 0.105 e. The summed E-state index contributed by atoms with van der Waals surface area (Å²) >= 11 is 0. The lowest BCUT2D eigenvalue weighted by molar-refractivity contribution is 0.358. The minimum atomic E-state index is 1.07. The van der Waals surface area contributed by atoms with Crippen LogP contribution in [0.15, 0.2) is 17.1 Å². The van der Waals surface area contributed by atoms with Gasteiger partial charge in [-0.25, -0.2) is 4.99 Å². The van der Waals surface area contributed by atoms with Gasteiger partial charge in [-0.15, -0.1) is 0 Å². The van der Waals surface area contributed by atoms with E-state index >= 15 is 0 Å². The Morgan fingerprint density at radius 1 is 1.12 bits per heavy atom. The van der Waals surface area contributed by atoms with Crippen LogP contribution in [0.5, 0.6) is 0 Å². The normalized spacial score (nSPS) is 18.9. The van der Waals surface area contributed by atoms with E-state index in [1.54, 1.807) is 0 Å². The first-order valence-electron chi connectivity index (χ1n) is 6.17. The number of amidine groups is 1. The molecule has 16 heavy (non-hydrogen) atoms. The van der Waals surface area contributed by atoms with Crippen molar-refractivity contribution in [3.05, 3.63) is 28.8 Å². The van der Waals surface area contributed by atoms with Gasteiger partial charge in [-0.3, -0.25) is 0 Å². The third-order valence-electron chi connectivity index (χ3n) is 3.75. The summed E-state index contributed by atoms with van der Waals surface area (Å²) in [5.74, 6) is 1.31. The molecule has 0 aromatic heterocycles. The topological polar surface area (TPSA) is 15.6 Å². The summed E-state index contributed by atoms with van der Waals surface area (Å²) in [7, 11) is 0. The number of benzene rings is 1. The molecular weight excluding hydrogens is 196 g/mol. The molecule has 2 heteroatoms. The zero-order valence-electron chi connectivity index (χ0n) is 10.1. The number of nitrogens with zero attached hydrogens (tertiary/aromatic N) is 2. The lowest BCUT2D eigenvalue weighted by Crippen LogP contribution is -2.37. The summed E-state index contributed by atoms with van der Waals surface area (Å²) in [6.45, 7) is 6.62. The van der Waals surface area contributed by atoms with Gasteiger partial charge in [-0.2, -0.15) is 0 Å². The highest BCUT2D eigenvalue weighted by Crippen LogP contribution is 2.34.